The molecule has 114 valence electrons. The smallest absolute Gasteiger partial charge is 0.0633 e. The summed E-state index contributed by atoms with van der Waals surface area (Å²) in [5.41, 5.74) is 3.75. The minimum absolute atomic E-state index is 0.104. The summed E-state index contributed by atoms with van der Waals surface area (Å²) >= 11 is 13.5. The maximum Gasteiger partial charge on any atom is 0.0633 e. The van der Waals surface area contributed by atoms with E-state index in [4.69, 9.17) is 23.2 Å². The number of alkyl halides is 1. The Labute approximate surface area is 138 Å². The summed E-state index contributed by atoms with van der Waals surface area (Å²) in [5, 5.41) is 0.971. The second kappa shape index (κ2) is 5.17. The fourth-order valence-corrected chi connectivity index (χ4v) is 6.65. The van der Waals surface area contributed by atoms with Gasteiger partial charge in [-0.3, -0.25) is 0 Å². The molecule has 2 heteroatoms. The van der Waals surface area contributed by atoms with Gasteiger partial charge in [0, 0.05) is 5.02 Å². The van der Waals surface area contributed by atoms with Gasteiger partial charge in [0.25, 0.3) is 0 Å². The average molecular weight is 323 g/mol. The summed E-state index contributed by atoms with van der Waals surface area (Å²) in [6, 6.07) is 4.33. The molecule has 21 heavy (non-hydrogen) atoms. The van der Waals surface area contributed by atoms with Crippen molar-refractivity contribution in [3.63, 3.8) is 0 Å². The molecule has 4 aliphatic carbocycles. The van der Waals surface area contributed by atoms with Crippen molar-refractivity contribution >= 4 is 23.2 Å². The SMILES string of the molecule is Cc1cc(Cl)c(C(Cl)C2C3CC4CC(C3)CC2C4)cc1C. The van der Waals surface area contributed by atoms with Crippen molar-refractivity contribution in [2.45, 2.75) is 51.3 Å². The molecule has 0 spiro atoms. The molecule has 0 saturated heterocycles. The summed E-state index contributed by atoms with van der Waals surface area (Å²) in [6.07, 6.45) is 7.18. The van der Waals surface area contributed by atoms with Crippen LogP contribution in [0.1, 0.15) is 54.2 Å². The first kappa shape index (κ1) is 14.4. The fraction of sp³-hybridized carbons (Fsp3) is 0.684. The van der Waals surface area contributed by atoms with Crippen LogP contribution >= 0.6 is 23.2 Å². The average Bonchev–Trinajstić information content (AvgIpc) is 2.41. The maximum absolute atomic E-state index is 6.99. The highest BCUT2D eigenvalue weighted by Gasteiger charge is 2.50. The van der Waals surface area contributed by atoms with E-state index in [9.17, 15) is 0 Å². The van der Waals surface area contributed by atoms with Gasteiger partial charge in [-0.1, -0.05) is 17.7 Å². The second-order valence-corrected chi connectivity index (χ2v) is 8.75. The van der Waals surface area contributed by atoms with Gasteiger partial charge in [0.15, 0.2) is 0 Å². The maximum atomic E-state index is 6.99. The van der Waals surface area contributed by atoms with Crippen LogP contribution in [-0.2, 0) is 0 Å². The van der Waals surface area contributed by atoms with Gasteiger partial charge in [-0.25, -0.2) is 0 Å². The van der Waals surface area contributed by atoms with Crippen LogP contribution in [0.15, 0.2) is 12.1 Å². The van der Waals surface area contributed by atoms with Crippen molar-refractivity contribution in [1.82, 2.24) is 0 Å². The highest BCUT2D eigenvalue weighted by atomic mass is 35.5. The van der Waals surface area contributed by atoms with E-state index < -0.39 is 0 Å². The van der Waals surface area contributed by atoms with Crippen molar-refractivity contribution < 1.29 is 0 Å². The Bertz CT molecular complexity index is 535. The molecule has 1 atom stereocenters. The van der Waals surface area contributed by atoms with E-state index in [1.165, 1.54) is 48.8 Å². The minimum atomic E-state index is 0.104. The molecule has 0 amide bonds. The van der Waals surface area contributed by atoms with Crippen LogP contribution in [0.3, 0.4) is 0 Å². The van der Waals surface area contributed by atoms with Crippen LogP contribution in [0.5, 0.6) is 0 Å². The van der Waals surface area contributed by atoms with Gasteiger partial charge in [-0.2, -0.15) is 0 Å². The highest BCUT2D eigenvalue weighted by Crippen LogP contribution is 2.60. The third-order valence-corrected chi connectivity index (χ3v) is 7.40. The molecular weight excluding hydrogens is 299 g/mol. The van der Waals surface area contributed by atoms with Crippen LogP contribution < -0.4 is 0 Å². The van der Waals surface area contributed by atoms with Crippen molar-refractivity contribution in [2.24, 2.45) is 29.6 Å². The van der Waals surface area contributed by atoms with Crippen LogP contribution in [0.2, 0.25) is 5.02 Å². The van der Waals surface area contributed by atoms with E-state index >= 15 is 0 Å². The van der Waals surface area contributed by atoms with Gasteiger partial charge in [0.1, 0.15) is 0 Å². The molecule has 1 aromatic carbocycles. The second-order valence-electron chi connectivity index (χ2n) is 7.87. The van der Waals surface area contributed by atoms with E-state index in [2.05, 4.69) is 26.0 Å². The number of hydrogen-bond donors (Lipinski definition) is 0. The molecule has 0 aliphatic heterocycles. The molecule has 4 saturated carbocycles. The molecule has 0 heterocycles. The predicted octanol–water partition coefficient (Wildman–Crippen LogP) is 6.31. The Morgan fingerprint density at radius 2 is 1.43 bits per heavy atom. The van der Waals surface area contributed by atoms with Gasteiger partial charge in [-0.15, -0.1) is 11.6 Å². The molecule has 1 aromatic rings. The Hall–Kier alpha value is -0.200. The molecule has 5 rings (SSSR count). The summed E-state index contributed by atoms with van der Waals surface area (Å²) in [7, 11) is 0. The van der Waals surface area contributed by atoms with Crippen molar-refractivity contribution in [3.05, 3.63) is 33.8 Å². The summed E-state index contributed by atoms with van der Waals surface area (Å²) in [6.45, 7) is 4.28. The van der Waals surface area contributed by atoms with E-state index in [1.807, 2.05) is 0 Å². The lowest BCUT2D eigenvalue weighted by Crippen LogP contribution is -2.46. The van der Waals surface area contributed by atoms with Gasteiger partial charge >= 0.3 is 0 Å². The number of aryl methyl sites for hydroxylation is 2. The topological polar surface area (TPSA) is 0 Å². The zero-order valence-electron chi connectivity index (χ0n) is 12.9. The lowest BCUT2D eigenvalue weighted by molar-refractivity contribution is -0.0381. The van der Waals surface area contributed by atoms with Crippen LogP contribution in [0, 0.1) is 43.4 Å². The van der Waals surface area contributed by atoms with E-state index in [0.717, 1.165) is 28.7 Å². The molecule has 0 aromatic heterocycles. The van der Waals surface area contributed by atoms with E-state index in [-0.39, 0.29) is 5.38 Å². The van der Waals surface area contributed by atoms with Crippen molar-refractivity contribution in [3.8, 4) is 0 Å². The lowest BCUT2D eigenvalue weighted by Gasteiger charge is -2.55. The van der Waals surface area contributed by atoms with Gasteiger partial charge in [0.2, 0.25) is 0 Å². The highest BCUT2D eigenvalue weighted by molar-refractivity contribution is 6.33. The molecule has 4 aliphatic rings. The minimum Gasteiger partial charge on any atom is -0.117 e. The van der Waals surface area contributed by atoms with Gasteiger partial charge in [-0.05, 0) is 98.3 Å². The van der Waals surface area contributed by atoms with Gasteiger partial charge in [0.05, 0.1) is 5.38 Å². The zero-order valence-corrected chi connectivity index (χ0v) is 14.4. The predicted molar refractivity (Wildman–Crippen MR) is 90.1 cm³/mol. The number of hydrogen-bond acceptors (Lipinski definition) is 0. The number of halogens is 2. The molecule has 0 nitrogen and oxygen atoms in total. The molecule has 0 N–H and O–H groups in total. The van der Waals surface area contributed by atoms with Crippen LogP contribution in [0.4, 0.5) is 0 Å². The van der Waals surface area contributed by atoms with E-state index in [0.29, 0.717) is 5.92 Å². The molecular formula is C19H24Cl2. The number of benzene rings is 1. The van der Waals surface area contributed by atoms with Crippen LogP contribution in [0.25, 0.3) is 0 Å². The summed E-state index contributed by atoms with van der Waals surface area (Å²) < 4.78 is 0. The van der Waals surface area contributed by atoms with E-state index in [1.54, 1.807) is 0 Å². The summed E-state index contributed by atoms with van der Waals surface area (Å²) in [4.78, 5) is 0. The standard InChI is InChI=1S/C19H24Cl2/c1-10-3-16(17(20)4-11(10)2)19(21)18-14-6-12-5-13(8-14)9-15(18)7-12/h3-4,12-15,18-19H,5-9H2,1-2H3. The molecule has 4 fully saturated rings. The fourth-order valence-electron chi connectivity index (χ4n) is 5.67. The largest absolute Gasteiger partial charge is 0.117 e. The van der Waals surface area contributed by atoms with Gasteiger partial charge < -0.3 is 0 Å². The van der Waals surface area contributed by atoms with Crippen LogP contribution in [-0.4, -0.2) is 0 Å². The zero-order chi connectivity index (χ0) is 14.7. The Kier molecular flexibility index (Phi) is 3.54. The quantitative estimate of drug-likeness (QED) is 0.560. The molecule has 0 radical (unpaired) electrons. The Balaban J connectivity index is 1.66. The first-order chi connectivity index (χ1) is 10.0. The third-order valence-electron chi connectivity index (χ3n) is 6.55. The monoisotopic (exact) mass is 322 g/mol. The Morgan fingerprint density at radius 1 is 0.905 bits per heavy atom. The van der Waals surface area contributed by atoms with Crippen molar-refractivity contribution in [2.75, 3.05) is 0 Å². The molecule has 4 bridgehead atoms. The first-order valence-electron chi connectivity index (χ1n) is 8.43. The third kappa shape index (κ3) is 2.34. The van der Waals surface area contributed by atoms with Crippen molar-refractivity contribution in [1.29, 1.82) is 0 Å². The molecule has 1 unspecified atom stereocenters. The lowest BCUT2D eigenvalue weighted by atomic mass is 9.51. The Morgan fingerprint density at radius 3 is 2.00 bits per heavy atom. The summed E-state index contributed by atoms with van der Waals surface area (Å²) in [5.74, 6) is 4.35. The first-order valence-corrected chi connectivity index (χ1v) is 9.25. The number of rotatable bonds is 2. The normalized spacial score (nSPS) is 38.8.